The highest BCUT2D eigenvalue weighted by Crippen LogP contribution is 2.42. The second-order valence-corrected chi connectivity index (χ2v) is 7.34. The average molecular weight is 353 g/mol. The molecule has 1 aromatic carbocycles. The van der Waals surface area contributed by atoms with Gasteiger partial charge in [0.05, 0.1) is 12.7 Å². The first-order valence-corrected chi connectivity index (χ1v) is 9.32. The first-order chi connectivity index (χ1) is 12.6. The van der Waals surface area contributed by atoms with Crippen molar-refractivity contribution in [3.8, 4) is 17.1 Å². The summed E-state index contributed by atoms with van der Waals surface area (Å²) in [5.41, 5.74) is 2.51. The number of aromatic nitrogens is 2. The van der Waals surface area contributed by atoms with Crippen LogP contribution >= 0.6 is 0 Å². The minimum Gasteiger partial charge on any atom is -0.496 e. The van der Waals surface area contributed by atoms with Crippen molar-refractivity contribution in [1.29, 1.82) is 0 Å². The standard InChI is InChI=1S/C20H24N4O2/c1-12-9-10-14(15(11-12)26-3)18-21-19-16(20(25)22-18)17(23-24(19)2)13-7-5-4-6-8-13/h9-11,13,17H,4-8H2,1-3H3/p+1. The van der Waals surface area contributed by atoms with E-state index in [0.29, 0.717) is 28.9 Å². The summed E-state index contributed by atoms with van der Waals surface area (Å²) in [6.45, 7) is 2.01. The molecule has 26 heavy (non-hydrogen) atoms. The van der Waals surface area contributed by atoms with Gasteiger partial charge >= 0.3 is 5.82 Å². The highest BCUT2D eigenvalue weighted by atomic mass is 16.5. The van der Waals surface area contributed by atoms with Gasteiger partial charge in [-0.15, -0.1) is 9.81 Å². The Labute approximate surface area is 152 Å². The Bertz CT molecular complexity index is 926. The molecule has 0 amide bonds. The quantitative estimate of drug-likeness (QED) is 0.844. The zero-order valence-electron chi connectivity index (χ0n) is 15.6. The van der Waals surface area contributed by atoms with Crippen molar-refractivity contribution >= 4 is 5.82 Å². The van der Waals surface area contributed by atoms with E-state index in [-0.39, 0.29) is 11.6 Å². The van der Waals surface area contributed by atoms with Crippen LogP contribution in [-0.2, 0) is 0 Å². The summed E-state index contributed by atoms with van der Waals surface area (Å²) in [5, 5.41) is 4.75. The number of nitrogens with one attached hydrogen (secondary N) is 1. The summed E-state index contributed by atoms with van der Waals surface area (Å²) < 4.78 is 7.26. The normalized spacial score (nSPS) is 20.0. The van der Waals surface area contributed by atoms with Crippen LogP contribution in [0.25, 0.3) is 11.4 Å². The van der Waals surface area contributed by atoms with Gasteiger partial charge in [-0.2, -0.15) is 0 Å². The Morgan fingerprint density at radius 3 is 2.73 bits per heavy atom. The number of aryl methyl sites for hydroxylation is 1. The number of azo groups is 2. The van der Waals surface area contributed by atoms with E-state index in [1.807, 2.05) is 32.2 Å². The average Bonchev–Trinajstić information content (AvgIpc) is 2.99. The minimum absolute atomic E-state index is 0.0690. The maximum absolute atomic E-state index is 12.9. The topological polar surface area (TPSA) is 70.4 Å². The van der Waals surface area contributed by atoms with Crippen molar-refractivity contribution in [2.45, 2.75) is 45.1 Å². The third kappa shape index (κ3) is 2.83. The summed E-state index contributed by atoms with van der Waals surface area (Å²) in [5.74, 6) is 2.34. The number of H-pyrrole nitrogens is 1. The zero-order valence-corrected chi connectivity index (χ0v) is 15.6. The van der Waals surface area contributed by atoms with Gasteiger partial charge in [0.1, 0.15) is 24.4 Å². The molecule has 0 saturated heterocycles. The van der Waals surface area contributed by atoms with E-state index in [4.69, 9.17) is 14.8 Å². The largest absolute Gasteiger partial charge is 0.496 e. The van der Waals surface area contributed by atoms with Gasteiger partial charge in [-0.05, 0) is 48.4 Å². The molecule has 1 unspecified atom stereocenters. The lowest BCUT2D eigenvalue weighted by Crippen LogP contribution is -2.22. The lowest BCUT2D eigenvalue weighted by Gasteiger charge is -2.23. The van der Waals surface area contributed by atoms with Gasteiger partial charge in [-0.25, -0.2) is 0 Å². The molecule has 1 aromatic heterocycles. The fourth-order valence-electron chi connectivity index (χ4n) is 4.18. The van der Waals surface area contributed by atoms with Gasteiger partial charge in [-0.1, -0.05) is 25.3 Å². The van der Waals surface area contributed by atoms with Crippen LogP contribution in [0.3, 0.4) is 0 Å². The molecular formula is C20H25N4O2+. The van der Waals surface area contributed by atoms with E-state index in [9.17, 15) is 4.79 Å². The molecule has 1 aliphatic heterocycles. The zero-order chi connectivity index (χ0) is 18.3. The van der Waals surface area contributed by atoms with Crippen LogP contribution in [-0.4, -0.2) is 28.8 Å². The Balaban J connectivity index is 1.79. The molecule has 1 aliphatic carbocycles. The minimum atomic E-state index is -0.0868. The third-order valence-corrected chi connectivity index (χ3v) is 5.54. The van der Waals surface area contributed by atoms with Gasteiger partial charge in [0.2, 0.25) is 0 Å². The Morgan fingerprint density at radius 1 is 1.23 bits per heavy atom. The first kappa shape index (κ1) is 16.9. The molecular weight excluding hydrogens is 328 g/mol. The maximum Gasteiger partial charge on any atom is 0.356 e. The number of aromatic amines is 1. The molecule has 4 rings (SSSR count). The van der Waals surface area contributed by atoms with Crippen molar-refractivity contribution in [3.05, 3.63) is 39.7 Å². The number of benzene rings is 1. The van der Waals surface area contributed by atoms with Crippen LogP contribution < -0.4 is 10.3 Å². The Hall–Kier alpha value is -2.50. The molecule has 1 N–H and O–H groups in total. The maximum atomic E-state index is 12.9. The number of hydrogen-bond donors (Lipinski definition) is 1. The third-order valence-electron chi connectivity index (χ3n) is 5.54. The smallest absolute Gasteiger partial charge is 0.356 e. The van der Waals surface area contributed by atoms with Gasteiger partial charge in [-0.3, -0.25) is 9.78 Å². The number of ether oxygens (including phenoxy) is 1. The SMILES string of the molecule is COc1cc(C)ccc1-c1nc2c(c(=O)[nH]1)C(C1CCCCC1)N=[N+]2C. The molecule has 1 atom stereocenters. The molecule has 1 fully saturated rings. The van der Waals surface area contributed by atoms with Gasteiger partial charge in [0, 0.05) is 0 Å². The van der Waals surface area contributed by atoms with Crippen molar-refractivity contribution in [3.63, 3.8) is 0 Å². The molecule has 0 radical (unpaired) electrons. The van der Waals surface area contributed by atoms with Crippen molar-refractivity contribution < 1.29 is 9.43 Å². The molecule has 2 aromatic rings. The molecule has 2 heterocycles. The molecule has 6 nitrogen and oxygen atoms in total. The fourth-order valence-corrected chi connectivity index (χ4v) is 4.18. The monoisotopic (exact) mass is 353 g/mol. The Kier molecular flexibility index (Phi) is 4.34. The lowest BCUT2D eigenvalue weighted by molar-refractivity contribution is -0.482. The number of nitrogens with zero attached hydrogens (tertiary/aromatic N) is 3. The van der Waals surface area contributed by atoms with Crippen molar-refractivity contribution in [2.75, 3.05) is 14.2 Å². The van der Waals surface area contributed by atoms with E-state index < -0.39 is 0 Å². The Morgan fingerprint density at radius 2 is 2.00 bits per heavy atom. The van der Waals surface area contributed by atoms with Crippen molar-refractivity contribution in [2.24, 2.45) is 11.0 Å². The summed E-state index contributed by atoms with van der Waals surface area (Å²) >= 11 is 0. The summed E-state index contributed by atoms with van der Waals surface area (Å²) in [7, 11) is 3.51. The predicted molar refractivity (Wildman–Crippen MR) is 99.2 cm³/mol. The van der Waals surface area contributed by atoms with E-state index >= 15 is 0 Å². The predicted octanol–water partition coefficient (Wildman–Crippen LogP) is 4.11. The summed E-state index contributed by atoms with van der Waals surface area (Å²) in [6, 6.07) is 5.80. The van der Waals surface area contributed by atoms with Crippen LogP contribution in [0.1, 0.15) is 49.3 Å². The molecule has 0 spiro atoms. The van der Waals surface area contributed by atoms with Crippen LogP contribution in [0.2, 0.25) is 0 Å². The highest BCUT2D eigenvalue weighted by molar-refractivity contribution is 5.65. The molecule has 6 heteroatoms. The van der Waals surface area contributed by atoms with E-state index in [2.05, 4.69) is 4.98 Å². The van der Waals surface area contributed by atoms with Gasteiger partial charge < -0.3 is 4.74 Å². The molecule has 1 saturated carbocycles. The number of methoxy groups -OCH3 is 1. The second-order valence-electron chi connectivity index (χ2n) is 7.34. The molecule has 2 aliphatic rings. The molecule has 0 bridgehead atoms. The number of fused-ring (bicyclic) bond motifs is 1. The lowest BCUT2D eigenvalue weighted by atomic mass is 9.82. The number of rotatable bonds is 3. The summed E-state index contributed by atoms with van der Waals surface area (Å²) in [4.78, 5) is 20.7. The highest BCUT2D eigenvalue weighted by Gasteiger charge is 2.40. The van der Waals surface area contributed by atoms with Crippen LogP contribution in [0.15, 0.2) is 28.1 Å². The van der Waals surface area contributed by atoms with Gasteiger partial charge in [0.25, 0.3) is 11.4 Å². The number of hydrogen-bond acceptors (Lipinski definition) is 4. The molecule has 136 valence electrons. The summed E-state index contributed by atoms with van der Waals surface area (Å²) in [6.07, 6.45) is 5.99. The van der Waals surface area contributed by atoms with Crippen LogP contribution in [0.5, 0.6) is 5.75 Å². The van der Waals surface area contributed by atoms with Gasteiger partial charge in [0.15, 0.2) is 0 Å². The van der Waals surface area contributed by atoms with Crippen molar-refractivity contribution in [1.82, 2.24) is 9.97 Å². The van der Waals surface area contributed by atoms with E-state index in [1.54, 1.807) is 11.8 Å². The first-order valence-electron chi connectivity index (χ1n) is 9.32. The second kappa shape index (κ2) is 6.67. The fraction of sp³-hybridized carbons (Fsp3) is 0.500. The van der Waals surface area contributed by atoms with E-state index in [1.165, 1.54) is 19.3 Å². The van der Waals surface area contributed by atoms with E-state index in [0.717, 1.165) is 24.0 Å². The van der Waals surface area contributed by atoms with Crippen LogP contribution in [0.4, 0.5) is 5.82 Å². The van der Waals surface area contributed by atoms with Crippen LogP contribution in [0, 0.1) is 12.8 Å².